The monoisotopic (exact) mass is 422 g/mol. The van der Waals surface area contributed by atoms with Crippen LogP contribution in [0.5, 0.6) is 0 Å². The molecular formula is BF8LiO8P4. The van der Waals surface area contributed by atoms with Gasteiger partial charge in [-0.2, -0.15) is 0 Å². The maximum Gasteiger partial charge on any atom is 1.00 e. The molecule has 0 spiro atoms. The Labute approximate surface area is 128 Å². The van der Waals surface area contributed by atoms with E-state index in [1.54, 1.807) is 0 Å². The van der Waals surface area contributed by atoms with Gasteiger partial charge in [-0.3, -0.25) is 0 Å². The maximum absolute atomic E-state index is 12.0. The van der Waals surface area contributed by atoms with Gasteiger partial charge in [0.2, 0.25) is 0 Å². The van der Waals surface area contributed by atoms with Crippen LogP contribution in [0.15, 0.2) is 0 Å². The van der Waals surface area contributed by atoms with Crippen molar-refractivity contribution in [3.63, 3.8) is 0 Å². The van der Waals surface area contributed by atoms with Crippen molar-refractivity contribution < 1.29 is 88.5 Å². The molecule has 0 saturated carbocycles. The Morgan fingerprint density at radius 3 is 0.727 bits per heavy atom. The fraction of sp³-hybridized carbons (Fsp3) is 0. The summed E-state index contributed by atoms with van der Waals surface area (Å²) in [4.78, 5) is 0. The third kappa shape index (κ3) is 13.3. The van der Waals surface area contributed by atoms with Crippen molar-refractivity contribution in [2.45, 2.75) is 0 Å². The topological polar surface area (TPSA) is 105 Å². The van der Waals surface area contributed by atoms with E-state index in [1.807, 2.05) is 0 Å². The first-order valence-corrected chi connectivity index (χ1v) is 9.38. The Morgan fingerprint density at radius 2 is 0.636 bits per heavy atom. The van der Waals surface area contributed by atoms with E-state index in [-0.39, 0.29) is 18.9 Å². The summed E-state index contributed by atoms with van der Waals surface area (Å²) in [6.45, 7) is -6.41. The third-order valence-electron chi connectivity index (χ3n) is 1.01. The van der Waals surface area contributed by atoms with E-state index in [9.17, 15) is 51.8 Å². The minimum atomic E-state index is -7.26. The van der Waals surface area contributed by atoms with Crippen LogP contribution in [0, 0.1) is 0 Å². The molecule has 0 aliphatic heterocycles. The number of hydrogen-bond acceptors (Lipinski definition) is 8. The zero-order chi connectivity index (χ0) is 17.3. The van der Waals surface area contributed by atoms with Crippen molar-refractivity contribution in [1.82, 2.24) is 0 Å². The Hall–Kier alpha value is 0.862. The molecule has 0 fully saturated rings. The first-order valence-electron chi connectivity index (χ1n) is 3.76. The minimum absolute atomic E-state index is 0. The molecule has 8 nitrogen and oxygen atoms in total. The molecule has 0 aromatic carbocycles. The molecule has 0 aliphatic carbocycles. The molecular weight excluding hydrogens is 422 g/mol. The Kier molecular flexibility index (Phi) is 8.93. The molecule has 0 atom stereocenters. The van der Waals surface area contributed by atoms with Gasteiger partial charge in [0, 0.05) is 0 Å². The van der Waals surface area contributed by atoms with Gasteiger partial charge in [0.15, 0.2) is 0 Å². The zero-order valence-electron chi connectivity index (χ0n) is 9.66. The summed E-state index contributed by atoms with van der Waals surface area (Å²) in [6, 6.07) is 0. The van der Waals surface area contributed by atoms with Gasteiger partial charge in [-0.25, -0.2) is 18.3 Å². The summed E-state index contributed by atoms with van der Waals surface area (Å²) in [6.07, 6.45) is 0. The van der Waals surface area contributed by atoms with Crippen LogP contribution < -0.4 is 18.9 Å². The Bertz CT molecular complexity index is 455. The molecule has 0 aromatic heterocycles. The molecule has 0 bridgehead atoms. The van der Waals surface area contributed by atoms with E-state index in [0.29, 0.717) is 0 Å². The van der Waals surface area contributed by atoms with Gasteiger partial charge < -0.3 is 17.8 Å². The van der Waals surface area contributed by atoms with Gasteiger partial charge in [-0.1, -0.05) is 0 Å². The van der Waals surface area contributed by atoms with Crippen LogP contribution in [-0.4, -0.2) is 6.96 Å². The molecule has 0 unspecified atom stereocenters. The van der Waals surface area contributed by atoms with E-state index in [0.717, 1.165) is 0 Å². The van der Waals surface area contributed by atoms with Crippen LogP contribution in [0.3, 0.4) is 0 Å². The summed E-state index contributed by atoms with van der Waals surface area (Å²) in [5, 5.41) is 0. The molecule has 0 aromatic rings. The fourth-order valence-electron chi connectivity index (χ4n) is 0.717. The van der Waals surface area contributed by atoms with Gasteiger partial charge in [0.1, 0.15) is 0 Å². The SMILES string of the molecule is O=P(F)(F)O[B-](OP(=O)(F)F)(OP(=O)(F)F)OP(=O)(F)F.[Li+]. The van der Waals surface area contributed by atoms with Gasteiger partial charge >= 0.3 is 57.8 Å². The van der Waals surface area contributed by atoms with Crippen LogP contribution >= 0.6 is 32.0 Å². The minimum Gasteiger partial charge on any atom is -0.419 e. The third-order valence-corrected chi connectivity index (χ3v) is 3.02. The molecule has 0 saturated heterocycles. The summed E-state index contributed by atoms with van der Waals surface area (Å²) in [5.41, 5.74) is 0. The molecule has 22 heteroatoms. The second-order valence-electron chi connectivity index (χ2n) is 2.66. The number of halogens is 8. The summed E-state index contributed by atoms with van der Waals surface area (Å²) in [5.74, 6) is 0. The van der Waals surface area contributed by atoms with E-state index in [1.165, 1.54) is 0 Å². The largest absolute Gasteiger partial charge is 1.00 e. The second kappa shape index (κ2) is 7.83. The van der Waals surface area contributed by atoms with Crippen molar-refractivity contribution in [3.05, 3.63) is 0 Å². The van der Waals surface area contributed by atoms with E-state index >= 15 is 0 Å². The average Bonchev–Trinajstić information content (AvgIpc) is 1.83. The van der Waals surface area contributed by atoms with Crippen LogP contribution in [0.4, 0.5) is 33.6 Å². The molecule has 0 aliphatic rings. The van der Waals surface area contributed by atoms with Crippen molar-refractivity contribution in [3.8, 4) is 0 Å². The van der Waals surface area contributed by atoms with Crippen LogP contribution in [0.2, 0.25) is 0 Å². The maximum atomic E-state index is 12.0. The van der Waals surface area contributed by atoms with Crippen molar-refractivity contribution in [1.29, 1.82) is 0 Å². The van der Waals surface area contributed by atoms with Crippen molar-refractivity contribution >= 4 is 38.9 Å². The van der Waals surface area contributed by atoms with E-state index in [2.05, 4.69) is 17.8 Å². The zero-order valence-corrected chi connectivity index (χ0v) is 13.2. The smallest absolute Gasteiger partial charge is 0.419 e. The molecule has 0 N–H and O–H groups in total. The van der Waals surface area contributed by atoms with E-state index < -0.39 is 38.9 Å². The first kappa shape index (κ1) is 25.1. The standard InChI is InChI=1S/BF8O8P4.Li/c2-18(3,10)14-1(15-19(4,5)11,16-20(6,7)12)17-21(8,9)13;/q-1;+1. The molecule has 22 heavy (non-hydrogen) atoms. The van der Waals surface area contributed by atoms with Gasteiger partial charge in [0.25, 0.3) is 0 Å². The predicted molar refractivity (Wildman–Crippen MR) is 49.4 cm³/mol. The Morgan fingerprint density at radius 1 is 0.500 bits per heavy atom. The normalized spacial score (nSPS) is 14.5. The van der Waals surface area contributed by atoms with Crippen LogP contribution in [0.1, 0.15) is 0 Å². The molecule has 0 amide bonds. The molecule has 128 valence electrons. The summed E-state index contributed by atoms with van der Waals surface area (Å²) in [7, 11) is -29.0. The van der Waals surface area contributed by atoms with Gasteiger partial charge in [-0.05, 0) is 0 Å². The summed E-state index contributed by atoms with van der Waals surface area (Å²) < 4.78 is 146. The number of rotatable bonds is 8. The van der Waals surface area contributed by atoms with Crippen molar-refractivity contribution in [2.24, 2.45) is 0 Å². The predicted octanol–water partition coefficient (Wildman–Crippen LogP) is 2.68. The van der Waals surface area contributed by atoms with Gasteiger partial charge in [-0.15, -0.1) is 33.6 Å². The Balaban J connectivity index is 0. The fourth-order valence-corrected chi connectivity index (χ4v) is 2.84. The number of hydrogen-bond donors (Lipinski definition) is 0. The average molecular weight is 422 g/mol. The van der Waals surface area contributed by atoms with Crippen molar-refractivity contribution in [2.75, 3.05) is 0 Å². The van der Waals surface area contributed by atoms with Gasteiger partial charge in [0.05, 0.1) is 0 Å². The molecule has 0 heterocycles. The van der Waals surface area contributed by atoms with E-state index in [4.69, 9.17) is 0 Å². The van der Waals surface area contributed by atoms with Crippen LogP contribution in [-0.2, 0) is 36.0 Å². The molecule has 0 rings (SSSR count). The molecule has 0 radical (unpaired) electrons. The van der Waals surface area contributed by atoms with Crippen LogP contribution in [0.25, 0.3) is 0 Å². The quantitative estimate of drug-likeness (QED) is 0.335. The second-order valence-corrected chi connectivity index (χ2v) is 6.82. The summed E-state index contributed by atoms with van der Waals surface area (Å²) >= 11 is 0. The first-order chi connectivity index (χ1) is 8.83.